The summed E-state index contributed by atoms with van der Waals surface area (Å²) in [6, 6.07) is 19.2. The molecule has 0 radical (unpaired) electrons. The Labute approximate surface area is 288 Å². The number of amides is 2. The molecule has 0 unspecified atom stereocenters. The summed E-state index contributed by atoms with van der Waals surface area (Å²) in [5, 5.41) is 6.26. The molecule has 4 aromatic rings. The number of methoxy groups -OCH3 is 1. The number of ether oxygens (including phenoxy) is 2. The van der Waals surface area contributed by atoms with Crippen molar-refractivity contribution < 1.29 is 19.1 Å². The molecule has 1 saturated heterocycles. The van der Waals surface area contributed by atoms with Gasteiger partial charge in [-0.25, -0.2) is 4.98 Å². The third-order valence-electron chi connectivity index (χ3n) is 8.60. The van der Waals surface area contributed by atoms with E-state index < -0.39 is 5.91 Å². The van der Waals surface area contributed by atoms with Crippen molar-refractivity contribution >= 4 is 40.9 Å². The Hall–Kier alpha value is -5.42. The highest BCUT2D eigenvalue weighted by molar-refractivity contribution is 6.06. The Morgan fingerprint density at radius 1 is 0.939 bits per heavy atom. The summed E-state index contributed by atoms with van der Waals surface area (Å²) in [7, 11) is 3.68. The molecule has 1 aliphatic heterocycles. The van der Waals surface area contributed by atoms with E-state index >= 15 is 0 Å². The molecule has 0 spiro atoms. The van der Waals surface area contributed by atoms with Crippen molar-refractivity contribution in [3.05, 3.63) is 95.2 Å². The van der Waals surface area contributed by atoms with Gasteiger partial charge in [-0.2, -0.15) is 4.98 Å². The number of aryl methyl sites for hydroxylation is 2. The quantitative estimate of drug-likeness (QED) is 0.164. The SMILES string of the molecule is CCN(CC)C(=O)C=Cc1ccc(OC)c(Oc2nc(Nc3ccc(N4CCN(C)CC4)cc3)ncc2C(=O)Nc2c(C)cccc2C)c1. The summed E-state index contributed by atoms with van der Waals surface area (Å²) in [4.78, 5) is 41.9. The lowest BCUT2D eigenvalue weighted by molar-refractivity contribution is -0.125. The summed E-state index contributed by atoms with van der Waals surface area (Å²) in [6.45, 7) is 13.0. The molecule has 1 aromatic heterocycles. The van der Waals surface area contributed by atoms with Crippen LogP contribution in [0.25, 0.3) is 6.08 Å². The number of aromatic nitrogens is 2. The van der Waals surface area contributed by atoms with Gasteiger partial charge < -0.3 is 34.8 Å². The van der Waals surface area contributed by atoms with E-state index in [1.165, 1.54) is 19.4 Å². The monoisotopic (exact) mass is 663 g/mol. The number of likely N-dealkylation sites (N-methyl/N-ethyl adjacent to an activating group) is 2. The van der Waals surface area contributed by atoms with E-state index in [4.69, 9.17) is 9.47 Å². The van der Waals surface area contributed by atoms with Gasteiger partial charge in [-0.05, 0) is 93.9 Å². The Morgan fingerprint density at radius 2 is 1.63 bits per heavy atom. The third kappa shape index (κ3) is 8.74. The molecule has 3 aromatic carbocycles. The first-order chi connectivity index (χ1) is 23.7. The van der Waals surface area contributed by atoms with Crippen LogP contribution in [0.4, 0.5) is 23.0 Å². The smallest absolute Gasteiger partial charge is 0.262 e. The Morgan fingerprint density at radius 3 is 2.29 bits per heavy atom. The first-order valence-electron chi connectivity index (χ1n) is 16.6. The lowest BCUT2D eigenvalue weighted by atomic mass is 10.1. The van der Waals surface area contributed by atoms with Gasteiger partial charge in [-0.1, -0.05) is 24.3 Å². The highest BCUT2D eigenvalue weighted by atomic mass is 16.5. The van der Waals surface area contributed by atoms with E-state index in [-0.39, 0.29) is 23.3 Å². The van der Waals surface area contributed by atoms with Crippen molar-refractivity contribution in [1.82, 2.24) is 19.8 Å². The van der Waals surface area contributed by atoms with Crippen molar-refractivity contribution in [2.45, 2.75) is 27.7 Å². The number of carbonyl (C=O) groups is 2. The maximum atomic E-state index is 13.7. The molecule has 1 fully saturated rings. The average Bonchev–Trinajstić information content (AvgIpc) is 3.10. The summed E-state index contributed by atoms with van der Waals surface area (Å²) in [5.41, 5.74) is 5.36. The fraction of sp³-hybridized carbons (Fsp3) is 0.316. The van der Waals surface area contributed by atoms with Gasteiger partial charge in [-0.15, -0.1) is 0 Å². The minimum atomic E-state index is -0.421. The van der Waals surface area contributed by atoms with Crippen LogP contribution in [0.5, 0.6) is 17.4 Å². The second-order valence-corrected chi connectivity index (χ2v) is 12.0. The standard InChI is InChI=1S/C38H45N7O4/c1-7-44(8-2)34(46)19-13-28-12-18-32(48-6)33(24-28)49-37-31(36(47)41-35-26(3)10-9-11-27(35)4)25-39-38(42-37)40-29-14-16-30(17-15-29)45-22-20-43(5)21-23-45/h9-19,24-25H,7-8,20-23H2,1-6H3,(H,41,47)(H,39,40,42). The van der Waals surface area contributed by atoms with Crippen molar-refractivity contribution in [2.75, 3.05) is 69.0 Å². The third-order valence-corrected chi connectivity index (χ3v) is 8.60. The summed E-state index contributed by atoms with van der Waals surface area (Å²) in [6.07, 6.45) is 4.70. The topological polar surface area (TPSA) is 112 Å². The molecule has 5 rings (SSSR count). The first kappa shape index (κ1) is 34.9. The predicted molar refractivity (Wildman–Crippen MR) is 195 cm³/mol. The number of hydrogen-bond donors (Lipinski definition) is 2. The normalized spacial score (nSPS) is 13.3. The number of anilines is 4. The van der Waals surface area contributed by atoms with Gasteiger partial charge in [0.05, 0.1) is 7.11 Å². The van der Waals surface area contributed by atoms with Gasteiger partial charge in [0.15, 0.2) is 11.5 Å². The molecule has 256 valence electrons. The first-order valence-corrected chi connectivity index (χ1v) is 16.6. The lowest BCUT2D eigenvalue weighted by Gasteiger charge is -2.34. The molecule has 2 heterocycles. The molecule has 11 heteroatoms. The number of carbonyl (C=O) groups excluding carboxylic acids is 2. The van der Waals surface area contributed by atoms with Crippen molar-refractivity contribution in [3.8, 4) is 17.4 Å². The minimum Gasteiger partial charge on any atom is -0.493 e. The Bertz CT molecular complexity index is 1780. The summed E-state index contributed by atoms with van der Waals surface area (Å²) < 4.78 is 12.0. The molecule has 0 aliphatic carbocycles. The van der Waals surface area contributed by atoms with E-state index in [9.17, 15) is 9.59 Å². The zero-order valence-electron chi connectivity index (χ0n) is 29.1. The number of nitrogens with one attached hydrogen (secondary N) is 2. The molecule has 2 N–H and O–H groups in total. The van der Waals surface area contributed by atoms with Gasteiger partial charge in [-0.3, -0.25) is 9.59 Å². The Kier molecular flexibility index (Phi) is 11.5. The van der Waals surface area contributed by atoms with Crippen LogP contribution in [0.1, 0.15) is 40.9 Å². The van der Waals surface area contributed by atoms with Crippen molar-refractivity contribution in [2.24, 2.45) is 0 Å². The second-order valence-electron chi connectivity index (χ2n) is 12.0. The number of piperazine rings is 1. The van der Waals surface area contributed by atoms with E-state index in [0.29, 0.717) is 35.8 Å². The Balaban J connectivity index is 1.45. The summed E-state index contributed by atoms with van der Waals surface area (Å²) in [5.74, 6) is 0.537. The molecule has 11 nitrogen and oxygen atoms in total. The average molecular weight is 664 g/mol. The maximum Gasteiger partial charge on any atom is 0.262 e. The second kappa shape index (κ2) is 16.1. The molecule has 2 amide bonds. The highest BCUT2D eigenvalue weighted by Gasteiger charge is 2.21. The number of nitrogens with zero attached hydrogens (tertiary/aromatic N) is 5. The zero-order chi connectivity index (χ0) is 34.9. The van der Waals surface area contributed by atoms with Gasteiger partial charge in [0.1, 0.15) is 5.56 Å². The van der Waals surface area contributed by atoms with Crippen LogP contribution in [0.3, 0.4) is 0 Å². The van der Waals surface area contributed by atoms with Gasteiger partial charge in [0, 0.05) is 68.6 Å². The molecule has 0 atom stereocenters. The molecule has 0 saturated carbocycles. The van der Waals surface area contributed by atoms with Crippen LogP contribution in [0, 0.1) is 13.8 Å². The largest absolute Gasteiger partial charge is 0.493 e. The van der Waals surface area contributed by atoms with Crippen LogP contribution >= 0.6 is 0 Å². The van der Waals surface area contributed by atoms with E-state index in [1.54, 1.807) is 23.1 Å². The van der Waals surface area contributed by atoms with Crippen LogP contribution in [0.15, 0.2) is 72.9 Å². The molecule has 1 aliphatic rings. The van der Waals surface area contributed by atoms with Crippen LogP contribution < -0.4 is 25.0 Å². The zero-order valence-corrected chi connectivity index (χ0v) is 29.1. The molecular weight excluding hydrogens is 618 g/mol. The van der Waals surface area contributed by atoms with Gasteiger partial charge >= 0.3 is 0 Å². The fourth-order valence-electron chi connectivity index (χ4n) is 5.59. The van der Waals surface area contributed by atoms with Crippen LogP contribution in [-0.2, 0) is 4.79 Å². The minimum absolute atomic E-state index is 0.0361. The molecule has 49 heavy (non-hydrogen) atoms. The van der Waals surface area contributed by atoms with Crippen LogP contribution in [-0.4, -0.2) is 85.0 Å². The van der Waals surface area contributed by atoms with Gasteiger partial charge in [0.25, 0.3) is 5.91 Å². The number of benzene rings is 3. The number of para-hydroxylation sites is 1. The molecular formula is C38H45N7O4. The van der Waals surface area contributed by atoms with Gasteiger partial charge in [0.2, 0.25) is 17.7 Å². The lowest BCUT2D eigenvalue weighted by Crippen LogP contribution is -2.44. The summed E-state index contributed by atoms with van der Waals surface area (Å²) >= 11 is 0. The maximum absolute atomic E-state index is 13.7. The van der Waals surface area contributed by atoms with E-state index in [0.717, 1.165) is 48.7 Å². The van der Waals surface area contributed by atoms with E-state index in [1.807, 2.05) is 64.1 Å². The number of hydrogen-bond acceptors (Lipinski definition) is 9. The predicted octanol–water partition coefficient (Wildman–Crippen LogP) is 6.52. The van der Waals surface area contributed by atoms with E-state index in [2.05, 4.69) is 49.6 Å². The van der Waals surface area contributed by atoms with Crippen molar-refractivity contribution in [1.29, 1.82) is 0 Å². The van der Waals surface area contributed by atoms with Crippen molar-refractivity contribution in [3.63, 3.8) is 0 Å². The highest BCUT2D eigenvalue weighted by Crippen LogP contribution is 2.35. The van der Waals surface area contributed by atoms with Crippen LogP contribution in [0.2, 0.25) is 0 Å². The number of rotatable bonds is 12. The molecule has 0 bridgehead atoms. The fourth-order valence-corrected chi connectivity index (χ4v) is 5.59.